The molecule has 4 heteroatoms. The number of rotatable bonds is 4. The molecule has 0 amide bonds. The van der Waals surface area contributed by atoms with Gasteiger partial charge in [0.05, 0.1) is 5.56 Å². The second kappa shape index (κ2) is 6.44. The topological polar surface area (TPSA) is 52.0 Å². The van der Waals surface area contributed by atoms with Gasteiger partial charge in [0, 0.05) is 18.3 Å². The lowest BCUT2D eigenvalue weighted by Gasteiger charge is -2.29. The van der Waals surface area contributed by atoms with E-state index in [0.717, 1.165) is 25.2 Å². The van der Waals surface area contributed by atoms with Crippen LogP contribution in [0.5, 0.6) is 0 Å². The number of anilines is 1. The third kappa shape index (κ3) is 3.36. The first-order valence-corrected chi connectivity index (χ1v) is 8.18. The number of hydrogen-bond donors (Lipinski definition) is 1. The van der Waals surface area contributed by atoms with E-state index in [0.29, 0.717) is 11.6 Å². The van der Waals surface area contributed by atoms with E-state index in [9.17, 15) is 5.26 Å². The summed E-state index contributed by atoms with van der Waals surface area (Å²) >= 11 is 0. The Morgan fingerprint density at radius 3 is 2.86 bits per heavy atom. The van der Waals surface area contributed by atoms with Gasteiger partial charge in [-0.2, -0.15) is 5.26 Å². The van der Waals surface area contributed by atoms with Crippen LogP contribution in [0.2, 0.25) is 0 Å². The zero-order valence-corrected chi connectivity index (χ0v) is 12.9. The zero-order valence-electron chi connectivity index (χ0n) is 12.9. The predicted molar refractivity (Wildman–Crippen MR) is 84.4 cm³/mol. The quantitative estimate of drug-likeness (QED) is 0.923. The van der Waals surface area contributed by atoms with Crippen molar-refractivity contribution in [2.24, 2.45) is 0 Å². The molecule has 112 valence electrons. The minimum absolute atomic E-state index is 0.321. The van der Waals surface area contributed by atoms with Crippen molar-refractivity contribution < 1.29 is 0 Å². The number of nitriles is 1. The summed E-state index contributed by atoms with van der Waals surface area (Å²) in [6, 6.07) is 4.65. The molecule has 4 nitrogen and oxygen atoms in total. The molecule has 0 aromatic carbocycles. The molecule has 2 heterocycles. The number of nitrogens with zero attached hydrogens (tertiary/aromatic N) is 3. The second-order valence-corrected chi connectivity index (χ2v) is 6.36. The lowest BCUT2D eigenvalue weighted by Crippen LogP contribution is -2.38. The number of hydrogen-bond acceptors (Lipinski definition) is 4. The lowest BCUT2D eigenvalue weighted by molar-refractivity contribution is 0.223. The molecule has 0 spiro atoms. The number of piperidine rings is 1. The first-order valence-electron chi connectivity index (χ1n) is 8.18. The van der Waals surface area contributed by atoms with Crippen molar-refractivity contribution in [1.29, 1.82) is 5.26 Å². The first-order chi connectivity index (χ1) is 10.3. The molecule has 1 N–H and O–H groups in total. The minimum Gasteiger partial charge on any atom is -0.365 e. The van der Waals surface area contributed by atoms with Gasteiger partial charge in [-0.15, -0.1) is 0 Å². The Labute approximate surface area is 127 Å². The number of nitrogens with one attached hydrogen (secondary N) is 1. The van der Waals surface area contributed by atoms with Gasteiger partial charge in [0.2, 0.25) is 0 Å². The molecule has 0 saturated carbocycles. The first kappa shape index (κ1) is 14.3. The van der Waals surface area contributed by atoms with E-state index in [2.05, 4.69) is 23.2 Å². The molecule has 1 aliphatic carbocycles. The largest absolute Gasteiger partial charge is 0.365 e. The van der Waals surface area contributed by atoms with Gasteiger partial charge in [-0.3, -0.25) is 0 Å². The second-order valence-electron chi connectivity index (χ2n) is 6.36. The highest BCUT2D eigenvalue weighted by Gasteiger charge is 2.18. The van der Waals surface area contributed by atoms with Crippen molar-refractivity contribution in [3.05, 3.63) is 22.9 Å². The maximum atomic E-state index is 9.34. The van der Waals surface area contributed by atoms with Crippen molar-refractivity contribution in [2.45, 2.75) is 51.5 Å². The molecule has 1 aromatic rings. The van der Waals surface area contributed by atoms with Crippen LogP contribution in [-0.2, 0) is 12.8 Å². The Kier molecular flexibility index (Phi) is 4.40. The van der Waals surface area contributed by atoms with Gasteiger partial charge in [-0.25, -0.2) is 4.98 Å². The van der Waals surface area contributed by atoms with Crippen LogP contribution in [0.4, 0.5) is 5.82 Å². The van der Waals surface area contributed by atoms with Crippen LogP contribution in [0, 0.1) is 11.3 Å². The molecule has 1 saturated heterocycles. The van der Waals surface area contributed by atoms with E-state index in [1.807, 2.05) is 6.07 Å². The number of pyridine rings is 1. The highest BCUT2D eigenvalue weighted by atomic mass is 15.2. The van der Waals surface area contributed by atoms with Gasteiger partial charge < -0.3 is 10.2 Å². The third-order valence-electron chi connectivity index (χ3n) is 4.54. The Balaban J connectivity index is 1.67. The van der Waals surface area contributed by atoms with Crippen LogP contribution in [0.15, 0.2) is 6.07 Å². The average molecular weight is 284 g/mol. The van der Waals surface area contributed by atoms with Crippen LogP contribution in [0.3, 0.4) is 0 Å². The van der Waals surface area contributed by atoms with Gasteiger partial charge in [0.25, 0.3) is 0 Å². The number of fused-ring (bicyclic) bond motifs is 1. The van der Waals surface area contributed by atoms with E-state index in [1.165, 1.54) is 50.0 Å². The van der Waals surface area contributed by atoms with Gasteiger partial charge >= 0.3 is 0 Å². The summed E-state index contributed by atoms with van der Waals surface area (Å²) in [6.45, 7) is 5.62. The van der Waals surface area contributed by atoms with E-state index in [1.54, 1.807) is 0 Å². The smallest absolute Gasteiger partial charge is 0.144 e. The van der Waals surface area contributed by atoms with Crippen LogP contribution >= 0.6 is 0 Å². The Morgan fingerprint density at radius 1 is 1.29 bits per heavy atom. The van der Waals surface area contributed by atoms with E-state index in [4.69, 9.17) is 4.98 Å². The van der Waals surface area contributed by atoms with Crippen molar-refractivity contribution >= 4 is 5.82 Å². The van der Waals surface area contributed by atoms with E-state index < -0.39 is 0 Å². The number of likely N-dealkylation sites (tertiary alicyclic amines) is 1. The van der Waals surface area contributed by atoms with Crippen molar-refractivity contribution in [2.75, 3.05) is 25.0 Å². The fourth-order valence-electron chi connectivity index (χ4n) is 3.48. The van der Waals surface area contributed by atoms with Gasteiger partial charge in [0.1, 0.15) is 11.9 Å². The summed E-state index contributed by atoms with van der Waals surface area (Å²) in [4.78, 5) is 7.22. The lowest BCUT2D eigenvalue weighted by atomic mass is 10.1. The molecule has 0 bridgehead atoms. The molecule has 1 aliphatic heterocycles. The third-order valence-corrected chi connectivity index (χ3v) is 4.54. The van der Waals surface area contributed by atoms with Gasteiger partial charge in [-0.1, -0.05) is 6.42 Å². The molecule has 0 radical (unpaired) electrons. The summed E-state index contributed by atoms with van der Waals surface area (Å²) in [5, 5.41) is 12.8. The molecule has 21 heavy (non-hydrogen) atoms. The van der Waals surface area contributed by atoms with Crippen molar-refractivity contribution in [3.8, 4) is 6.07 Å². The minimum atomic E-state index is 0.321. The summed E-state index contributed by atoms with van der Waals surface area (Å²) in [5.74, 6) is 0.780. The SMILES string of the molecule is CC(CN1CCCCC1)Nc1nc2c(cc1C#N)CCC2. The fraction of sp³-hybridized carbons (Fsp3) is 0.647. The molecule has 3 rings (SSSR count). The van der Waals surface area contributed by atoms with E-state index >= 15 is 0 Å². The summed E-state index contributed by atoms with van der Waals surface area (Å²) < 4.78 is 0. The van der Waals surface area contributed by atoms with Crippen LogP contribution in [0.25, 0.3) is 0 Å². The summed E-state index contributed by atoms with van der Waals surface area (Å²) in [6.07, 6.45) is 7.28. The molecule has 1 fully saturated rings. The Bertz CT molecular complexity index is 540. The zero-order chi connectivity index (χ0) is 14.7. The average Bonchev–Trinajstić information content (AvgIpc) is 2.94. The normalized spacial score (nSPS) is 19.8. The highest BCUT2D eigenvalue weighted by molar-refractivity contribution is 5.55. The Morgan fingerprint density at radius 2 is 2.10 bits per heavy atom. The number of aromatic nitrogens is 1. The van der Waals surface area contributed by atoms with E-state index in [-0.39, 0.29) is 0 Å². The van der Waals surface area contributed by atoms with Crippen molar-refractivity contribution in [3.63, 3.8) is 0 Å². The van der Waals surface area contributed by atoms with Gasteiger partial charge in [0.15, 0.2) is 0 Å². The predicted octanol–water partition coefficient (Wildman–Crippen LogP) is 2.73. The molecule has 2 aliphatic rings. The molecule has 1 atom stereocenters. The number of aryl methyl sites for hydroxylation is 2. The van der Waals surface area contributed by atoms with Crippen molar-refractivity contribution in [1.82, 2.24) is 9.88 Å². The molecular weight excluding hydrogens is 260 g/mol. The maximum absolute atomic E-state index is 9.34. The highest BCUT2D eigenvalue weighted by Crippen LogP contribution is 2.25. The van der Waals surface area contributed by atoms with Gasteiger partial charge in [-0.05, 0) is 63.7 Å². The van der Waals surface area contributed by atoms with Crippen LogP contribution in [-0.4, -0.2) is 35.6 Å². The van der Waals surface area contributed by atoms with Crippen LogP contribution in [0.1, 0.15) is 49.4 Å². The maximum Gasteiger partial charge on any atom is 0.144 e. The molecule has 1 unspecified atom stereocenters. The standard InChI is InChI=1S/C17H24N4/c1-13(12-21-8-3-2-4-9-21)19-17-15(11-18)10-14-6-5-7-16(14)20-17/h10,13H,2-9,12H2,1H3,(H,19,20). The fourth-order valence-corrected chi connectivity index (χ4v) is 3.48. The summed E-state index contributed by atoms with van der Waals surface area (Å²) in [7, 11) is 0. The summed E-state index contributed by atoms with van der Waals surface area (Å²) in [5.41, 5.74) is 3.14. The molecular formula is C17H24N4. The Hall–Kier alpha value is -1.60. The monoisotopic (exact) mass is 284 g/mol. The van der Waals surface area contributed by atoms with Crippen LogP contribution < -0.4 is 5.32 Å². The molecule has 1 aromatic heterocycles.